The summed E-state index contributed by atoms with van der Waals surface area (Å²) < 4.78 is 5.43. The SMILES string of the molecule is CC(C)(C)OC(=O)N1CCc2nc(NC(=O)Cc3ccc(Cl)cc3Cl)sc2C1. The fraction of sp³-hybridized carbons (Fsp3) is 0.421. The van der Waals surface area contributed by atoms with Gasteiger partial charge in [0.2, 0.25) is 5.91 Å². The lowest BCUT2D eigenvalue weighted by atomic mass is 10.1. The summed E-state index contributed by atoms with van der Waals surface area (Å²) in [5.41, 5.74) is 1.07. The van der Waals surface area contributed by atoms with E-state index >= 15 is 0 Å². The molecule has 0 radical (unpaired) electrons. The quantitative estimate of drug-likeness (QED) is 0.732. The van der Waals surface area contributed by atoms with Gasteiger partial charge in [0, 0.05) is 27.9 Å². The van der Waals surface area contributed by atoms with Gasteiger partial charge in [0.25, 0.3) is 0 Å². The minimum atomic E-state index is -0.535. The maximum absolute atomic E-state index is 12.3. The van der Waals surface area contributed by atoms with E-state index in [1.54, 1.807) is 23.1 Å². The number of carbonyl (C=O) groups is 2. The van der Waals surface area contributed by atoms with Crippen molar-refractivity contribution in [3.05, 3.63) is 44.4 Å². The van der Waals surface area contributed by atoms with E-state index in [4.69, 9.17) is 27.9 Å². The Morgan fingerprint density at radius 3 is 2.75 bits per heavy atom. The molecule has 1 aliphatic rings. The Kier molecular flexibility index (Phi) is 6.17. The van der Waals surface area contributed by atoms with Gasteiger partial charge in [-0.25, -0.2) is 9.78 Å². The van der Waals surface area contributed by atoms with Crippen molar-refractivity contribution in [1.29, 1.82) is 0 Å². The van der Waals surface area contributed by atoms with E-state index in [-0.39, 0.29) is 18.4 Å². The lowest BCUT2D eigenvalue weighted by molar-refractivity contribution is -0.115. The van der Waals surface area contributed by atoms with Crippen LogP contribution >= 0.6 is 34.5 Å². The molecule has 3 rings (SSSR count). The first-order chi connectivity index (χ1) is 13.1. The minimum absolute atomic E-state index is 0.129. The lowest BCUT2D eigenvalue weighted by Gasteiger charge is -2.29. The molecular formula is C19H21Cl2N3O3S. The van der Waals surface area contributed by atoms with E-state index in [0.29, 0.717) is 40.3 Å². The molecule has 1 aliphatic heterocycles. The Balaban J connectivity index is 1.62. The molecule has 0 saturated heterocycles. The molecule has 0 bridgehead atoms. The fourth-order valence-corrected chi connectivity index (χ4v) is 4.25. The zero-order chi connectivity index (χ0) is 20.5. The molecule has 9 heteroatoms. The van der Waals surface area contributed by atoms with E-state index in [1.165, 1.54) is 11.3 Å². The van der Waals surface area contributed by atoms with Crippen molar-refractivity contribution in [3.63, 3.8) is 0 Å². The highest BCUT2D eigenvalue weighted by molar-refractivity contribution is 7.15. The molecule has 0 saturated carbocycles. The van der Waals surface area contributed by atoms with Gasteiger partial charge in [-0.1, -0.05) is 40.6 Å². The first-order valence-corrected chi connectivity index (χ1v) is 10.4. The first-order valence-electron chi connectivity index (χ1n) is 8.81. The highest BCUT2D eigenvalue weighted by atomic mass is 35.5. The smallest absolute Gasteiger partial charge is 0.410 e. The molecule has 0 fully saturated rings. The number of hydrogen-bond donors (Lipinski definition) is 1. The molecule has 1 aromatic carbocycles. The minimum Gasteiger partial charge on any atom is -0.444 e. The molecule has 0 aliphatic carbocycles. The highest BCUT2D eigenvalue weighted by Crippen LogP contribution is 2.29. The van der Waals surface area contributed by atoms with Gasteiger partial charge in [0.05, 0.1) is 18.7 Å². The number of ether oxygens (including phenoxy) is 1. The van der Waals surface area contributed by atoms with Gasteiger partial charge in [0.15, 0.2) is 5.13 Å². The number of thiazole rings is 1. The average Bonchev–Trinajstić information content (AvgIpc) is 2.97. The van der Waals surface area contributed by atoms with Crippen molar-refractivity contribution in [1.82, 2.24) is 9.88 Å². The van der Waals surface area contributed by atoms with Crippen LogP contribution in [-0.4, -0.2) is 34.0 Å². The Labute approximate surface area is 177 Å². The maximum Gasteiger partial charge on any atom is 0.410 e. The summed E-state index contributed by atoms with van der Waals surface area (Å²) in [7, 11) is 0. The van der Waals surface area contributed by atoms with Crippen LogP contribution in [0.4, 0.5) is 9.93 Å². The second kappa shape index (κ2) is 8.27. The number of rotatable bonds is 3. The molecule has 0 spiro atoms. The van der Waals surface area contributed by atoms with Crippen LogP contribution in [0.5, 0.6) is 0 Å². The standard InChI is InChI=1S/C19H21Cl2N3O3S/c1-19(2,3)27-18(26)24-7-6-14-15(10-24)28-17(22-14)23-16(25)8-11-4-5-12(20)9-13(11)21/h4-5,9H,6-8,10H2,1-3H3,(H,22,23,25). The van der Waals surface area contributed by atoms with Crippen LogP contribution < -0.4 is 5.32 Å². The number of hydrogen-bond acceptors (Lipinski definition) is 5. The Bertz CT molecular complexity index is 908. The normalized spacial score (nSPS) is 13.8. The third kappa shape index (κ3) is 5.37. The van der Waals surface area contributed by atoms with Crippen molar-refractivity contribution in [2.45, 2.75) is 45.8 Å². The summed E-state index contributed by atoms with van der Waals surface area (Å²) in [5, 5.41) is 4.31. The van der Waals surface area contributed by atoms with Gasteiger partial charge in [0.1, 0.15) is 5.60 Å². The number of nitrogens with zero attached hydrogens (tertiary/aromatic N) is 2. The van der Waals surface area contributed by atoms with Gasteiger partial charge in [-0.2, -0.15) is 0 Å². The molecular weight excluding hydrogens is 421 g/mol. The number of fused-ring (bicyclic) bond motifs is 1. The van der Waals surface area contributed by atoms with E-state index in [2.05, 4.69) is 10.3 Å². The number of benzene rings is 1. The van der Waals surface area contributed by atoms with Crippen molar-refractivity contribution < 1.29 is 14.3 Å². The third-order valence-electron chi connectivity index (χ3n) is 4.00. The van der Waals surface area contributed by atoms with Gasteiger partial charge < -0.3 is 15.0 Å². The lowest BCUT2D eigenvalue weighted by Crippen LogP contribution is -2.39. The molecule has 2 aromatic rings. The third-order valence-corrected chi connectivity index (χ3v) is 5.58. The zero-order valence-electron chi connectivity index (χ0n) is 15.8. The number of aromatic nitrogens is 1. The molecule has 150 valence electrons. The van der Waals surface area contributed by atoms with Crippen molar-refractivity contribution in [3.8, 4) is 0 Å². The number of carbonyl (C=O) groups excluding carboxylic acids is 2. The van der Waals surface area contributed by atoms with Crippen LogP contribution in [0.1, 0.15) is 36.9 Å². The molecule has 28 heavy (non-hydrogen) atoms. The van der Waals surface area contributed by atoms with Gasteiger partial charge in [-0.05, 0) is 38.5 Å². The largest absolute Gasteiger partial charge is 0.444 e. The number of halogens is 2. The fourth-order valence-electron chi connectivity index (χ4n) is 2.73. The molecule has 6 nitrogen and oxygen atoms in total. The zero-order valence-corrected chi connectivity index (χ0v) is 18.2. The van der Waals surface area contributed by atoms with Gasteiger partial charge in [-0.15, -0.1) is 0 Å². The van der Waals surface area contributed by atoms with Crippen LogP contribution in [0.3, 0.4) is 0 Å². The number of anilines is 1. The number of nitrogens with one attached hydrogen (secondary N) is 1. The van der Waals surface area contributed by atoms with E-state index < -0.39 is 5.60 Å². The summed E-state index contributed by atoms with van der Waals surface area (Å²) in [5.74, 6) is -0.209. The van der Waals surface area contributed by atoms with E-state index in [1.807, 2.05) is 20.8 Å². The molecule has 1 N–H and O–H groups in total. The van der Waals surface area contributed by atoms with Crippen LogP contribution in [0, 0.1) is 0 Å². The van der Waals surface area contributed by atoms with Crippen molar-refractivity contribution in [2.75, 3.05) is 11.9 Å². The van der Waals surface area contributed by atoms with E-state index in [0.717, 1.165) is 10.6 Å². The predicted molar refractivity (Wildman–Crippen MR) is 111 cm³/mol. The molecule has 1 aromatic heterocycles. The predicted octanol–water partition coefficient (Wildman–Crippen LogP) is 4.92. The first kappa shape index (κ1) is 20.9. The summed E-state index contributed by atoms with van der Waals surface area (Å²) in [4.78, 5) is 31.7. The van der Waals surface area contributed by atoms with Crippen LogP contribution in [0.2, 0.25) is 10.0 Å². The Morgan fingerprint density at radius 1 is 1.32 bits per heavy atom. The van der Waals surface area contributed by atoms with Crippen LogP contribution in [0.15, 0.2) is 18.2 Å². The maximum atomic E-state index is 12.3. The van der Waals surface area contributed by atoms with Crippen molar-refractivity contribution >= 4 is 51.7 Å². The topological polar surface area (TPSA) is 71.5 Å². The summed E-state index contributed by atoms with van der Waals surface area (Å²) in [6.45, 7) is 6.49. The van der Waals surface area contributed by atoms with Gasteiger partial charge in [-0.3, -0.25) is 4.79 Å². The highest BCUT2D eigenvalue weighted by Gasteiger charge is 2.28. The van der Waals surface area contributed by atoms with Crippen LogP contribution in [0.25, 0.3) is 0 Å². The van der Waals surface area contributed by atoms with Crippen molar-refractivity contribution in [2.24, 2.45) is 0 Å². The average molecular weight is 442 g/mol. The second-order valence-corrected chi connectivity index (χ2v) is 9.43. The summed E-state index contributed by atoms with van der Waals surface area (Å²) in [6, 6.07) is 5.04. The number of amides is 2. The molecule has 2 heterocycles. The van der Waals surface area contributed by atoms with Crippen LogP contribution in [-0.2, 0) is 28.9 Å². The molecule has 2 amide bonds. The summed E-state index contributed by atoms with van der Waals surface area (Å²) in [6.07, 6.45) is 0.420. The summed E-state index contributed by atoms with van der Waals surface area (Å²) >= 11 is 13.4. The Hall–Kier alpha value is -1.83. The second-order valence-electron chi connectivity index (χ2n) is 7.50. The monoisotopic (exact) mass is 441 g/mol. The molecule has 0 atom stereocenters. The van der Waals surface area contributed by atoms with Gasteiger partial charge >= 0.3 is 6.09 Å². The van der Waals surface area contributed by atoms with E-state index in [9.17, 15) is 9.59 Å². The Morgan fingerprint density at radius 2 is 2.07 bits per heavy atom. The molecule has 0 unspecified atom stereocenters.